The van der Waals surface area contributed by atoms with Gasteiger partial charge < -0.3 is 19.5 Å². The van der Waals surface area contributed by atoms with Gasteiger partial charge in [0.05, 0.1) is 12.7 Å². The zero-order chi connectivity index (χ0) is 16.1. The average Bonchev–Trinajstić information content (AvgIpc) is 2.96. The van der Waals surface area contributed by atoms with Crippen LogP contribution in [0.3, 0.4) is 0 Å². The number of thiazole rings is 1. The van der Waals surface area contributed by atoms with Gasteiger partial charge in [0.2, 0.25) is 0 Å². The first-order chi connectivity index (χ1) is 10.5. The maximum absolute atomic E-state index is 11.0. The van der Waals surface area contributed by atoms with Gasteiger partial charge in [-0.1, -0.05) is 6.07 Å². The van der Waals surface area contributed by atoms with Crippen molar-refractivity contribution in [2.45, 2.75) is 0 Å². The Kier molecular flexibility index (Phi) is 5.35. The molecule has 0 atom stereocenters. The van der Waals surface area contributed by atoms with Crippen molar-refractivity contribution in [3.05, 3.63) is 29.3 Å². The fourth-order valence-electron chi connectivity index (χ4n) is 1.82. The maximum atomic E-state index is 11.0. The van der Waals surface area contributed by atoms with Gasteiger partial charge in [-0.15, -0.1) is 11.3 Å². The predicted octanol–water partition coefficient (Wildman–Crippen LogP) is 2.46. The van der Waals surface area contributed by atoms with Crippen LogP contribution in [-0.2, 0) is 0 Å². The predicted molar refractivity (Wildman–Crippen MR) is 85.1 cm³/mol. The molecule has 1 heterocycles. The molecular formula is C15H18N2O4S. The molecule has 0 bridgehead atoms. The van der Waals surface area contributed by atoms with E-state index in [1.54, 1.807) is 13.2 Å². The molecule has 6 nitrogen and oxygen atoms in total. The summed E-state index contributed by atoms with van der Waals surface area (Å²) in [5.41, 5.74) is 0.762. The summed E-state index contributed by atoms with van der Waals surface area (Å²) in [5, 5.41) is 11.1. The van der Waals surface area contributed by atoms with E-state index in [0.29, 0.717) is 23.1 Å². The van der Waals surface area contributed by atoms with Crippen LogP contribution in [-0.4, -0.2) is 55.3 Å². The van der Waals surface area contributed by atoms with Crippen molar-refractivity contribution in [1.29, 1.82) is 0 Å². The molecule has 22 heavy (non-hydrogen) atoms. The van der Waals surface area contributed by atoms with E-state index >= 15 is 0 Å². The molecule has 0 saturated heterocycles. The summed E-state index contributed by atoms with van der Waals surface area (Å²) < 4.78 is 11.2. The molecule has 0 spiro atoms. The Labute approximate surface area is 132 Å². The van der Waals surface area contributed by atoms with E-state index in [9.17, 15) is 4.79 Å². The van der Waals surface area contributed by atoms with Gasteiger partial charge >= 0.3 is 5.97 Å². The lowest BCUT2D eigenvalue weighted by molar-refractivity contribution is 0.0691. The number of carboxylic acids is 1. The largest absolute Gasteiger partial charge is 0.493 e. The molecular weight excluding hydrogens is 304 g/mol. The number of carboxylic acid groups (broad SMARTS) is 1. The first kappa shape index (κ1) is 16.3. The quantitative estimate of drug-likeness (QED) is 0.844. The molecule has 0 aliphatic carbocycles. The molecule has 7 heteroatoms. The van der Waals surface area contributed by atoms with E-state index < -0.39 is 5.97 Å². The van der Waals surface area contributed by atoms with Crippen molar-refractivity contribution in [3.8, 4) is 22.1 Å². The lowest BCUT2D eigenvalue weighted by atomic mass is 10.2. The first-order valence-corrected chi connectivity index (χ1v) is 7.54. The lowest BCUT2D eigenvalue weighted by Gasteiger charge is -2.15. The van der Waals surface area contributed by atoms with E-state index in [1.165, 1.54) is 16.7 Å². The van der Waals surface area contributed by atoms with Gasteiger partial charge in [0, 0.05) is 11.9 Å². The molecule has 0 amide bonds. The highest BCUT2D eigenvalue weighted by atomic mass is 32.1. The maximum Gasteiger partial charge on any atom is 0.355 e. The van der Waals surface area contributed by atoms with Gasteiger partial charge in [-0.3, -0.25) is 0 Å². The SMILES string of the molecule is COc1cccc(-c2nc(C(=O)O)cs2)c1OCCN(C)C. The molecule has 2 aromatic rings. The van der Waals surface area contributed by atoms with Gasteiger partial charge in [0.15, 0.2) is 17.2 Å². The van der Waals surface area contributed by atoms with E-state index in [0.717, 1.165) is 12.1 Å². The van der Waals surface area contributed by atoms with Crippen LogP contribution in [0.2, 0.25) is 0 Å². The number of hydrogen-bond donors (Lipinski definition) is 1. The number of ether oxygens (including phenoxy) is 2. The molecule has 0 aliphatic heterocycles. The number of aromatic nitrogens is 1. The van der Waals surface area contributed by atoms with Crippen LogP contribution >= 0.6 is 11.3 Å². The second-order valence-electron chi connectivity index (χ2n) is 4.83. The van der Waals surface area contributed by atoms with Gasteiger partial charge in [-0.05, 0) is 26.2 Å². The normalized spacial score (nSPS) is 10.7. The lowest BCUT2D eigenvalue weighted by Crippen LogP contribution is -2.19. The first-order valence-electron chi connectivity index (χ1n) is 6.66. The van der Waals surface area contributed by atoms with E-state index in [2.05, 4.69) is 4.98 Å². The fourth-order valence-corrected chi connectivity index (χ4v) is 2.64. The molecule has 1 aromatic carbocycles. The third kappa shape index (κ3) is 3.75. The zero-order valence-corrected chi connectivity index (χ0v) is 13.5. The van der Waals surface area contributed by atoms with Crippen molar-refractivity contribution >= 4 is 17.3 Å². The number of carbonyl (C=O) groups is 1. The second-order valence-corrected chi connectivity index (χ2v) is 5.69. The third-order valence-electron chi connectivity index (χ3n) is 2.94. The number of methoxy groups -OCH3 is 1. The van der Waals surface area contributed by atoms with Crippen molar-refractivity contribution in [3.63, 3.8) is 0 Å². The Morgan fingerprint density at radius 1 is 1.41 bits per heavy atom. The molecule has 118 valence electrons. The minimum Gasteiger partial charge on any atom is -0.493 e. The Morgan fingerprint density at radius 3 is 2.77 bits per heavy atom. The van der Waals surface area contributed by atoms with Gasteiger partial charge in [0.1, 0.15) is 11.6 Å². The van der Waals surface area contributed by atoms with Crippen LogP contribution in [0.5, 0.6) is 11.5 Å². The van der Waals surface area contributed by atoms with Crippen molar-refractivity contribution in [1.82, 2.24) is 9.88 Å². The number of nitrogens with zero attached hydrogens (tertiary/aromatic N) is 2. The smallest absolute Gasteiger partial charge is 0.355 e. The number of para-hydroxylation sites is 1. The standard InChI is InChI=1S/C15H18N2O4S/c1-17(2)7-8-21-13-10(5-4-6-12(13)20-3)14-16-11(9-22-14)15(18)19/h4-6,9H,7-8H2,1-3H3,(H,18,19). The number of rotatable bonds is 7. The van der Waals surface area contributed by atoms with E-state index in [4.69, 9.17) is 14.6 Å². The van der Waals surface area contributed by atoms with Gasteiger partial charge in [0.25, 0.3) is 0 Å². The summed E-state index contributed by atoms with van der Waals surface area (Å²) >= 11 is 1.27. The Balaban J connectivity index is 2.34. The van der Waals surface area contributed by atoms with Crippen molar-refractivity contribution in [2.75, 3.05) is 34.4 Å². The monoisotopic (exact) mass is 322 g/mol. The topological polar surface area (TPSA) is 71.9 Å². The van der Waals surface area contributed by atoms with E-state index in [1.807, 2.05) is 31.1 Å². The molecule has 0 unspecified atom stereocenters. The molecule has 2 rings (SSSR count). The van der Waals surface area contributed by atoms with Crippen molar-refractivity contribution in [2.24, 2.45) is 0 Å². The number of likely N-dealkylation sites (N-methyl/N-ethyl adjacent to an activating group) is 1. The highest BCUT2D eigenvalue weighted by molar-refractivity contribution is 7.13. The Morgan fingerprint density at radius 2 is 2.18 bits per heavy atom. The highest BCUT2D eigenvalue weighted by Crippen LogP contribution is 2.39. The molecule has 0 radical (unpaired) electrons. The number of aromatic carboxylic acids is 1. The van der Waals surface area contributed by atoms with Gasteiger partial charge in [-0.25, -0.2) is 9.78 Å². The Hall–Kier alpha value is -2.12. The summed E-state index contributed by atoms with van der Waals surface area (Å²) in [6, 6.07) is 5.48. The summed E-state index contributed by atoms with van der Waals surface area (Å²) in [6.45, 7) is 1.26. The van der Waals surface area contributed by atoms with Crippen LogP contribution < -0.4 is 9.47 Å². The number of benzene rings is 1. The molecule has 1 aromatic heterocycles. The summed E-state index contributed by atoms with van der Waals surface area (Å²) in [4.78, 5) is 17.1. The highest BCUT2D eigenvalue weighted by Gasteiger charge is 2.17. The van der Waals surface area contributed by atoms with Crippen LogP contribution in [0.25, 0.3) is 10.6 Å². The minimum atomic E-state index is -1.04. The summed E-state index contributed by atoms with van der Waals surface area (Å²) in [5.74, 6) is 0.141. The molecule has 0 fully saturated rings. The summed E-state index contributed by atoms with van der Waals surface area (Å²) in [7, 11) is 5.50. The van der Waals surface area contributed by atoms with Gasteiger partial charge in [-0.2, -0.15) is 0 Å². The summed E-state index contributed by atoms with van der Waals surface area (Å²) in [6.07, 6.45) is 0. The van der Waals surface area contributed by atoms with E-state index in [-0.39, 0.29) is 5.69 Å². The van der Waals surface area contributed by atoms with Crippen LogP contribution in [0.15, 0.2) is 23.6 Å². The zero-order valence-electron chi connectivity index (χ0n) is 12.7. The van der Waals surface area contributed by atoms with Crippen LogP contribution in [0.4, 0.5) is 0 Å². The second kappa shape index (κ2) is 7.24. The molecule has 0 saturated carbocycles. The average molecular weight is 322 g/mol. The minimum absolute atomic E-state index is 0.0297. The van der Waals surface area contributed by atoms with Crippen molar-refractivity contribution < 1.29 is 19.4 Å². The molecule has 0 aliphatic rings. The fraction of sp³-hybridized carbons (Fsp3) is 0.333. The van der Waals surface area contributed by atoms with Crippen LogP contribution in [0, 0.1) is 0 Å². The third-order valence-corrected chi connectivity index (χ3v) is 3.81. The Bertz CT molecular complexity index is 655. The molecule has 1 N–H and O–H groups in total. The number of hydrogen-bond acceptors (Lipinski definition) is 6. The van der Waals surface area contributed by atoms with Crippen LogP contribution in [0.1, 0.15) is 10.5 Å².